The fourth-order valence-corrected chi connectivity index (χ4v) is 1.86. The SMILES string of the molecule is C[C@@H](Oc1ccc(F)cc1F)C(=O)Nc1ccccc1C(N)=O. The van der Waals surface area contributed by atoms with E-state index >= 15 is 0 Å². The first kappa shape index (κ1) is 16.4. The van der Waals surface area contributed by atoms with Gasteiger partial charge in [0.2, 0.25) is 0 Å². The van der Waals surface area contributed by atoms with Crippen LogP contribution < -0.4 is 15.8 Å². The van der Waals surface area contributed by atoms with E-state index in [2.05, 4.69) is 5.32 Å². The number of ether oxygens (including phenoxy) is 1. The van der Waals surface area contributed by atoms with Gasteiger partial charge in [0.1, 0.15) is 5.82 Å². The maximum absolute atomic E-state index is 13.5. The molecule has 120 valence electrons. The van der Waals surface area contributed by atoms with Crippen LogP contribution >= 0.6 is 0 Å². The van der Waals surface area contributed by atoms with Gasteiger partial charge in [-0.15, -0.1) is 0 Å². The van der Waals surface area contributed by atoms with Gasteiger partial charge >= 0.3 is 0 Å². The van der Waals surface area contributed by atoms with Gasteiger partial charge in [0, 0.05) is 6.07 Å². The van der Waals surface area contributed by atoms with Crippen molar-refractivity contribution in [2.24, 2.45) is 5.73 Å². The van der Waals surface area contributed by atoms with E-state index in [1.807, 2.05) is 0 Å². The molecule has 0 bridgehead atoms. The van der Waals surface area contributed by atoms with Gasteiger partial charge in [0.25, 0.3) is 11.8 Å². The second-order valence-corrected chi connectivity index (χ2v) is 4.73. The van der Waals surface area contributed by atoms with Gasteiger partial charge in [-0.05, 0) is 31.2 Å². The number of hydrogen-bond donors (Lipinski definition) is 2. The standard InChI is InChI=1S/C16H14F2N2O3/c1-9(23-14-7-6-10(17)8-12(14)18)16(22)20-13-5-3-2-4-11(13)15(19)21/h2-9H,1H3,(H2,19,21)(H,20,22)/t9-/m1/s1. The molecule has 2 rings (SSSR count). The number of nitrogens with one attached hydrogen (secondary N) is 1. The second kappa shape index (κ2) is 6.87. The molecule has 2 amide bonds. The molecule has 0 saturated carbocycles. The van der Waals surface area contributed by atoms with Crippen molar-refractivity contribution in [2.75, 3.05) is 5.32 Å². The first-order valence-electron chi connectivity index (χ1n) is 6.70. The summed E-state index contributed by atoms with van der Waals surface area (Å²) in [4.78, 5) is 23.4. The van der Waals surface area contributed by atoms with E-state index in [0.717, 1.165) is 12.1 Å². The summed E-state index contributed by atoms with van der Waals surface area (Å²) in [7, 11) is 0. The van der Waals surface area contributed by atoms with Gasteiger partial charge in [-0.2, -0.15) is 0 Å². The number of primary amides is 1. The van der Waals surface area contributed by atoms with Crippen LogP contribution in [0, 0.1) is 11.6 Å². The van der Waals surface area contributed by atoms with Gasteiger partial charge in [-0.25, -0.2) is 8.78 Å². The van der Waals surface area contributed by atoms with Crippen molar-refractivity contribution in [2.45, 2.75) is 13.0 Å². The van der Waals surface area contributed by atoms with Crippen molar-refractivity contribution in [1.82, 2.24) is 0 Å². The molecule has 5 nitrogen and oxygen atoms in total. The first-order chi connectivity index (χ1) is 10.9. The van der Waals surface area contributed by atoms with E-state index in [4.69, 9.17) is 10.5 Å². The zero-order chi connectivity index (χ0) is 17.0. The normalized spacial score (nSPS) is 11.6. The molecule has 3 N–H and O–H groups in total. The van der Waals surface area contributed by atoms with Gasteiger partial charge < -0.3 is 15.8 Å². The number of benzene rings is 2. The maximum Gasteiger partial charge on any atom is 0.265 e. The Balaban J connectivity index is 2.10. The lowest BCUT2D eigenvalue weighted by molar-refractivity contribution is -0.122. The molecule has 2 aromatic rings. The van der Waals surface area contributed by atoms with Crippen LogP contribution in [0.3, 0.4) is 0 Å². The minimum absolute atomic E-state index is 0.140. The van der Waals surface area contributed by atoms with Crippen LogP contribution in [-0.2, 0) is 4.79 Å². The van der Waals surface area contributed by atoms with Gasteiger partial charge in [-0.1, -0.05) is 12.1 Å². The molecule has 0 heterocycles. The van der Waals surface area contributed by atoms with Crippen molar-refractivity contribution in [3.8, 4) is 5.75 Å². The number of nitrogens with two attached hydrogens (primary N) is 1. The Kier molecular flexibility index (Phi) is 4.90. The molecule has 2 aromatic carbocycles. The lowest BCUT2D eigenvalue weighted by Crippen LogP contribution is -2.31. The second-order valence-electron chi connectivity index (χ2n) is 4.73. The number of para-hydroxylation sites is 1. The Morgan fingerprint density at radius 1 is 1.17 bits per heavy atom. The molecule has 0 aliphatic rings. The number of amides is 2. The molecule has 0 aliphatic carbocycles. The fraction of sp³-hybridized carbons (Fsp3) is 0.125. The highest BCUT2D eigenvalue weighted by atomic mass is 19.1. The molecule has 0 aromatic heterocycles. The molecular weight excluding hydrogens is 306 g/mol. The predicted molar refractivity (Wildman–Crippen MR) is 80.0 cm³/mol. The first-order valence-corrected chi connectivity index (χ1v) is 6.70. The molecule has 0 spiro atoms. The fourth-order valence-electron chi connectivity index (χ4n) is 1.86. The topological polar surface area (TPSA) is 81.4 Å². The molecule has 7 heteroatoms. The van der Waals surface area contributed by atoms with E-state index < -0.39 is 29.6 Å². The van der Waals surface area contributed by atoms with Crippen LogP contribution in [0.15, 0.2) is 42.5 Å². The molecule has 0 saturated heterocycles. The van der Waals surface area contributed by atoms with Crippen LogP contribution in [0.5, 0.6) is 5.75 Å². The van der Waals surface area contributed by atoms with Crippen molar-refractivity contribution < 1.29 is 23.1 Å². The molecule has 1 atom stereocenters. The molecule has 0 radical (unpaired) electrons. The Hall–Kier alpha value is -2.96. The summed E-state index contributed by atoms with van der Waals surface area (Å²) in [5.74, 6) is -3.22. The number of rotatable bonds is 5. The average molecular weight is 320 g/mol. The smallest absolute Gasteiger partial charge is 0.265 e. The van der Waals surface area contributed by atoms with Gasteiger partial charge in [0.15, 0.2) is 17.7 Å². The lowest BCUT2D eigenvalue weighted by Gasteiger charge is -2.16. The van der Waals surface area contributed by atoms with Crippen LogP contribution in [0.25, 0.3) is 0 Å². The Bertz CT molecular complexity index is 750. The summed E-state index contributed by atoms with van der Waals surface area (Å²) in [6, 6.07) is 8.95. The van der Waals surface area contributed by atoms with Crippen molar-refractivity contribution in [1.29, 1.82) is 0 Å². The van der Waals surface area contributed by atoms with E-state index in [1.54, 1.807) is 12.1 Å². The number of hydrogen-bond acceptors (Lipinski definition) is 3. The van der Waals surface area contributed by atoms with Crippen molar-refractivity contribution >= 4 is 17.5 Å². The van der Waals surface area contributed by atoms with Crippen molar-refractivity contribution in [3.05, 3.63) is 59.7 Å². The highest BCUT2D eigenvalue weighted by Crippen LogP contribution is 2.20. The zero-order valence-electron chi connectivity index (χ0n) is 12.2. The van der Waals surface area contributed by atoms with Crippen molar-refractivity contribution in [3.63, 3.8) is 0 Å². The van der Waals surface area contributed by atoms with E-state index in [1.165, 1.54) is 19.1 Å². The molecular formula is C16H14F2N2O3. The monoisotopic (exact) mass is 320 g/mol. The van der Waals surface area contributed by atoms with E-state index in [-0.39, 0.29) is 17.0 Å². The number of carbonyl (C=O) groups excluding carboxylic acids is 2. The lowest BCUT2D eigenvalue weighted by atomic mass is 10.1. The Labute approximate surface area is 131 Å². The summed E-state index contributed by atoms with van der Waals surface area (Å²) in [5.41, 5.74) is 5.58. The highest BCUT2D eigenvalue weighted by Gasteiger charge is 2.19. The third-order valence-electron chi connectivity index (χ3n) is 3.02. The number of carbonyl (C=O) groups is 2. The summed E-state index contributed by atoms with van der Waals surface area (Å²) < 4.78 is 31.5. The molecule has 0 aliphatic heterocycles. The average Bonchev–Trinajstić information content (AvgIpc) is 2.50. The predicted octanol–water partition coefficient (Wildman–Crippen LogP) is 2.47. The summed E-state index contributed by atoms with van der Waals surface area (Å²) in [5, 5.41) is 2.48. The molecule has 0 fully saturated rings. The summed E-state index contributed by atoms with van der Waals surface area (Å²) >= 11 is 0. The number of halogens is 2. The van der Waals surface area contributed by atoms with Gasteiger partial charge in [0.05, 0.1) is 11.3 Å². The maximum atomic E-state index is 13.5. The van der Waals surface area contributed by atoms with E-state index in [9.17, 15) is 18.4 Å². The third kappa shape index (κ3) is 4.03. The molecule has 23 heavy (non-hydrogen) atoms. The quantitative estimate of drug-likeness (QED) is 0.888. The third-order valence-corrected chi connectivity index (χ3v) is 3.02. The summed E-state index contributed by atoms with van der Waals surface area (Å²) in [6.07, 6.45) is -1.07. The van der Waals surface area contributed by atoms with Crippen LogP contribution in [0.2, 0.25) is 0 Å². The van der Waals surface area contributed by atoms with Crippen LogP contribution in [0.1, 0.15) is 17.3 Å². The molecule has 0 unspecified atom stereocenters. The largest absolute Gasteiger partial charge is 0.478 e. The van der Waals surface area contributed by atoms with E-state index in [0.29, 0.717) is 6.07 Å². The number of anilines is 1. The van der Waals surface area contributed by atoms with Gasteiger partial charge in [-0.3, -0.25) is 9.59 Å². The Morgan fingerprint density at radius 2 is 1.87 bits per heavy atom. The van der Waals surface area contributed by atoms with Crippen LogP contribution in [0.4, 0.5) is 14.5 Å². The van der Waals surface area contributed by atoms with Crippen LogP contribution in [-0.4, -0.2) is 17.9 Å². The Morgan fingerprint density at radius 3 is 2.52 bits per heavy atom. The summed E-state index contributed by atoms with van der Waals surface area (Å²) in [6.45, 7) is 1.39. The highest BCUT2D eigenvalue weighted by molar-refractivity contribution is 6.03. The minimum atomic E-state index is -1.07. The zero-order valence-corrected chi connectivity index (χ0v) is 12.2. The minimum Gasteiger partial charge on any atom is -0.478 e.